The molecule has 0 aliphatic carbocycles. The molecule has 0 saturated heterocycles. The molecular weight excluding hydrogens is 363 g/mol. The Labute approximate surface area is 181 Å². The molecule has 0 unspecified atom stereocenters. The molecule has 0 spiro atoms. The molecule has 0 aliphatic rings. The van der Waals surface area contributed by atoms with Crippen LogP contribution in [0, 0.1) is 0 Å². The summed E-state index contributed by atoms with van der Waals surface area (Å²) in [7, 11) is 0. The smallest absolute Gasteiger partial charge is 0.253 e. The van der Waals surface area contributed by atoms with Crippen LogP contribution in [-0.4, -0.2) is 11.3 Å². The zero-order chi connectivity index (χ0) is 21.1. The van der Waals surface area contributed by atoms with Crippen LogP contribution < -0.4 is 16.4 Å². The molecule has 0 heterocycles. The van der Waals surface area contributed by atoms with Crippen molar-refractivity contribution in [3.05, 3.63) is 121 Å². The van der Waals surface area contributed by atoms with E-state index in [1.54, 1.807) is 12.1 Å². The molecule has 0 fully saturated rings. The Morgan fingerprint density at radius 3 is 1.13 bits per heavy atom. The first-order chi connectivity index (χ1) is 14.8. The molecule has 1 nitrogen and oxygen atoms in total. The van der Waals surface area contributed by atoms with Gasteiger partial charge in [-0.25, -0.2) is 0 Å². The molecule has 0 radical (unpaired) electrons. The van der Waals surface area contributed by atoms with Gasteiger partial charge in [0.25, 0.3) is 5.75 Å². The van der Waals surface area contributed by atoms with E-state index in [0.29, 0.717) is 5.75 Å². The van der Waals surface area contributed by atoms with E-state index in [2.05, 4.69) is 97.9 Å². The van der Waals surface area contributed by atoms with Gasteiger partial charge < -0.3 is 5.11 Å². The summed E-state index contributed by atoms with van der Waals surface area (Å²) in [5.41, 5.74) is 4.33. The van der Waals surface area contributed by atoms with Gasteiger partial charge in [-0.2, -0.15) is 22.7 Å². The fourth-order valence-corrected chi connectivity index (χ4v) is 4.37. The minimum Gasteiger partial charge on any atom is -0.593 e. The predicted molar refractivity (Wildman–Crippen MR) is 133 cm³/mol. The molecule has 0 atom stereocenters. The van der Waals surface area contributed by atoms with Crippen molar-refractivity contribution in [2.45, 2.75) is 26.1 Å². The molecule has 4 rings (SSSR count). The topological polar surface area (TPSA) is 22.9 Å². The minimum absolute atomic E-state index is 0.572. The van der Waals surface area contributed by atoms with E-state index in [9.17, 15) is 0 Å². The molecule has 2 heteroatoms. The van der Waals surface area contributed by atoms with Gasteiger partial charge in [0.05, 0.1) is 6.15 Å². The molecule has 4 aromatic carbocycles. The van der Waals surface area contributed by atoms with Gasteiger partial charge in [0, 0.05) is 12.1 Å². The van der Waals surface area contributed by atoms with E-state index in [0.717, 1.165) is 0 Å². The lowest BCUT2D eigenvalue weighted by Crippen LogP contribution is -2.66. The lowest BCUT2D eigenvalue weighted by molar-refractivity contribution is 0.475. The van der Waals surface area contributed by atoms with Crippen LogP contribution in [0.15, 0.2) is 121 Å². The van der Waals surface area contributed by atoms with Crippen molar-refractivity contribution in [2.24, 2.45) is 0 Å². The van der Waals surface area contributed by atoms with Crippen LogP contribution in [0.4, 0.5) is 0 Å². The van der Waals surface area contributed by atoms with Gasteiger partial charge in [0.1, 0.15) is 0 Å². The summed E-state index contributed by atoms with van der Waals surface area (Å²) >= 11 is 0. The third-order valence-corrected chi connectivity index (χ3v) is 5.87. The summed E-state index contributed by atoms with van der Waals surface area (Å²) in [5.74, 6) is 0.572. The summed E-state index contributed by atoms with van der Waals surface area (Å²) in [6.45, 7) is 2.28. The van der Waals surface area contributed by atoms with Crippen molar-refractivity contribution in [2.75, 3.05) is 0 Å². The highest BCUT2D eigenvalue weighted by atomic mass is 16.3. The molecule has 0 bridgehead atoms. The zero-order valence-corrected chi connectivity index (χ0v) is 17.7. The normalized spacial score (nSPS) is 10.7. The van der Waals surface area contributed by atoms with Crippen LogP contribution in [0.5, 0.6) is 5.75 Å². The monoisotopic (exact) mass is 394 g/mol. The number of hydrogen-bond acceptors (Lipinski definition) is 0. The van der Waals surface area contributed by atoms with Gasteiger partial charge in [-0.1, -0.05) is 129 Å². The lowest BCUT2D eigenvalue weighted by Gasteiger charge is -2.43. The van der Waals surface area contributed by atoms with Crippen molar-refractivity contribution in [3.63, 3.8) is 0 Å². The SMILES string of the molecule is CCCC[B-](c1ccccc1)(c1ccccc1)c1ccccc1.[OH2+]c1ccccc1. The van der Waals surface area contributed by atoms with Gasteiger partial charge in [0.2, 0.25) is 0 Å². The Bertz CT molecular complexity index is 873. The van der Waals surface area contributed by atoms with Crippen LogP contribution in [0.3, 0.4) is 0 Å². The van der Waals surface area contributed by atoms with E-state index >= 15 is 0 Å². The summed E-state index contributed by atoms with van der Waals surface area (Å²) in [6.07, 6.45) is 2.73. The molecular formula is C28H31BO. The highest BCUT2D eigenvalue weighted by Crippen LogP contribution is 2.16. The molecule has 0 aliphatic heterocycles. The van der Waals surface area contributed by atoms with E-state index in [1.807, 2.05) is 18.2 Å². The average Bonchev–Trinajstić information content (AvgIpc) is 2.83. The van der Waals surface area contributed by atoms with Gasteiger partial charge in [-0.3, -0.25) is 0 Å². The Kier molecular flexibility index (Phi) is 7.91. The number of rotatable bonds is 6. The Morgan fingerprint density at radius 2 is 0.867 bits per heavy atom. The third kappa shape index (κ3) is 5.21. The second-order valence-electron chi connectivity index (χ2n) is 7.79. The van der Waals surface area contributed by atoms with Crippen molar-refractivity contribution >= 4 is 22.5 Å². The molecule has 152 valence electrons. The number of hydrogen-bond donors (Lipinski definition) is 0. The highest BCUT2D eigenvalue weighted by molar-refractivity contribution is 7.11. The number of unbranched alkanes of at least 4 members (excludes halogenated alkanes) is 1. The second-order valence-corrected chi connectivity index (χ2v) is 7.79. The maximum atomic E-state index is 7.00. The lowest BCUT2D eigenvalue weighted by atomic mass is 9.14. The first kappa shape index (κ1) is 21.5. The van der Waals surface area contributed by atoms with Gasteiger partial charge >= 0.3 is 0 Å². The number of para-hydroxylation sites is 1. The molecule has 2 N–H and O–H groups in total. The van der Waals surface area contributed by atoms with Crippen molar-refractivity contribution < 1.29 is 5.11 Å². The summed E-state index contributed by atoms with van der Waals surface area (Å²) < 4.78 is 0. The largest absolute Gasteiger partial charge is 0.593 e. The fourth-order valence-electron chi connectivity index (χ4n) is 4.37. The molecule has 0 amide bonds. The molecule has 4 aromatic rings. The number of benzene rings is 4. The summed E-state index contributed by atoms with van der Waals surface area (Å²) in [6, 6.07) is 42.3. The minimum atomic E-state index is -0.913. The molecule has 0 saturated carbocycles. The van der Waals surface area contributed by atoms with Crippen LogP contribution in [-0.2, 0) is 0 Å². The van der Waals surface area contributed by atoms with E-state index < -0.39 is 6.15 Å². The quantitative estimate of drug-likeness (QED) is 0.322. The highest BCUT2D eigenvalue weighted by Gasteiger charge is 2.28. The average molecular weight is 394 g/mol. The Balaban J connectivity index is 0.000000310. The van der Waals surface area contributed by atoms with Crippen LogP contribution in [0.2, 0.25) is 6.32 Å². The standard InChI is InChI=1S/C22H24B.C6H6O/c1-2-3-19-23(20-13-7-4-8-14-20,21-15-9-5-10-16-21)22-17-11-6-12-18-22;7-6-4-2-1-3-5-6/h4-18H,2-3,19H2,1H3;1-5,7H/q-1;/p+1. The first-order valence-corrected chi connectivity index (χ1v) is 10.9. The van der Waals surface area contributed by atoms with E-state index in [4.69, 9.17) is 5.11 Å². The summed E-state index contributed by atoms with van der Waals surface area (Å²) in [5, 5.41) is 7.00. The third-order valence-electron chi connectivity index (χ3n) is 5.87. The summed E-state index contributed by atoms with van der Waals surface area (Å²) in [4.78, 5) is 0. The van der Waals surface area contributed by atoms with Crippen molar-refractivity contribution in [1.82, 2.24) is 0 Å². The zero-order valence-electron chi connectivity index (χ0n) is 17.7. The fraction of sp³-hybridized carbons (Fsp3) is 0.143. The van der Waals surface area contributed by atoms with Gasteiger partial charge in [-0.05, 0) is 0 Å². The van der Waals surface area contributed by atoms with Crippen LogP contribution in [0.25, 0.3) is 0 Å². The Morgan fingerprint density at radius 1 is 0.533 bits per heavy atom. The van der Waals surface area contributed by atoms with Crippen LogP contribution in [0.1, 0.15) is 19.8 Å². The van der Waals surface area contributed by atoms with Crippen molar-refractivity contribution in [1.29, 1.82) is 0 Å². The second kappa shape index (κ2) is 11.1. The van der Waals surface area contributed by atoms with Gasteiger partial charge in [-0.15, -0.1) is 0 Å². The maximum absolute atomic E-state index is 7.00. The molecule has 0 aromatic heterocycles. The predicted octanol–water partition coefficient (Wildman–Crippen LogP) is 5.08. The molecule has 30 heavy (non-hydrogen) atoms. The van der Waals surface area contributed by atoms with Crippen LogP contribution >= 0.6 is 0 Å². The first-order valence-electron chi connectivity index (χ1n) is 10.9. The van der Waals surface area contributed by atoms with E-state index in [-0.39, 0.29) is 0 Å². The van der Waals surface area contributed by atoms with Gasteiger partial charge in [0.15, 0.2) is 0 Å². The van der Waals surface area contributed by atoms with Crippen molar-refractivity contribution in [3.8, 4) is 5.75 Å². The Hall–Kier alpha value is -3.26. The maximum Gasteiger partial charge on any atom is 0.253 e. The van der Waals surface area contributed by atoms with E-state index in [1.165, 1.54) is 35.6 Å².